The maximum atomic E-state index is 14.2. The van der Waals surface area contributed by atoms with Gasteiger partial charge in [0.15, 0.2) is 34.7 Å². The number of amides is 1. The van der Waals surface area contributed by atoms with Crippen LogP contribution in [0.4, 0.5) is 5.69 Å². The van der Waals surface area contributed by atoms with Crippen LogP contribution >= 0.6 is 0 Å². The first-order valence-electron chi connectivity index (χ1n) is 15.7. The van der Waals surface area contributed by atoms with Crippen LogP contribution in [-0.4, -0.2) is 101 Å². The number of carbonyl (C=O) groups is 5. The molecule has 1 aromatic carbocycles. The normalized spacial score (nSPS) is 28.7. The number of phenolic OH excluding ortho intramolecular Hbond substituents is 1. The number of benzene rings is 1. The summed E-state index contributed by atoms with van der Waals surface area (Å²) in [5, 5.41) is 23.2. The number of anilines is 1. The lowest BCUT2D eigenvalue weighted by molar-refractivity contribution is -0.181. The van der Waals surface area contributed by atoms with E-state index in [4.69, 9.17) is 5.73 Å². The predicted octanol–water partition coefficient (Wildman–Crippen LogP) is 1.97. The lowest BCUT2D eigenvalue weighted by atomic mass is 9.52. The molecule has 0 bridgehead atoms. The summed E-state index contributed by atoms with van der Waals surface area (Å²) in [6, 6.07) is 0.450. The minimum atomic E-state index is -2.74. The predicted molar refractivity (Wildman–Crippen MR) is 170 cm³/mol. The Morgan fingerprint density at radius 2 is 1.64 bits per heavy atom. The number of aliphatic hydroxyl groups is 1. The van der Waals surface area contributed by atoms with Gasteiger partial charge in [-0.05, 0) is 82.3 Å². The van der Waals surface area contributed by atoms with E-state index in [9.17, 15) is 34.2 Å². The van der Waals surface area contributed by atoms with E-state index in [1.165, 1.54) is 4.90 Å². The van der Waals surface area contributed by atoms with Gasteiger partial charge in [-0.1, -0.05) is 27.7 Å². The number of carbonyl (C=O) groups excluding carboxylic acids is 5. The van der Waals surface area contributed by atoms with Gasteiger partial charge in [0, 0.05) is 37.8 Å². The van der Waals surface area contributed by atoms with Crippen molar-refractivity contribution in [1.29, 1.82) is 0 Å². The molecule has 0 aliphatic heterocycles. The third kappa shape index (κ3) is 5.61. The Morgan fingerprint density at radius 3 is 2.13 bits per heavy atom. The highest BCUT2D eigenvalue weighted by atomic mass is 16.3. The third-order valence-electron chi connectivity index (χ3n) is 10.1. The Kier molecular flexibility index (Phi) is 8.93. The van der Waals surface area contributed by atoms with Gasteiger partial charge in [0.05, 0.1) is 17.5 Å². The van der Waals surface area contributed by atoms with E-state index in [-0.39, 0.29) is 35.1 Å². The highest BCUT2D eigenvalue weighted by Gasteiger charge is 2.69. The molecule has 6 atom stereocenters. The number of nitrogens with zero attached hydrogens (tertiary/aromatic N) is 3. The van der Waals surface area contributed by atoms with Crippen molar-refractivity contribution >= 4 is 34.7 Å². The van der Waals surface area contributed by atoms with E-state index < -0.39 is 64.4 Å². The van der Waals surface area contributed by atoms with Gasteiger partial charge in [0.2, 0.25) is 5.91 Å². The fourth-order valence-corrected chi connectivity index (χ4v) is 8.78. The van der Waals surface area contributed by atoms with E-state index in [2.05, 4.69) is 46.4 Å². The zero-order valence-corrected chi connectivity index (χ0v) is 28.4. The van der Waals surface area contributed by atoms with Gasteiger partial charge in [-0.25, -0.2) is 0 Å². The van der Waals surface area contributed by atoms with Gasteiger partial charge in [-0.3, -0.25) is 33.8 Å². The molecule has 4 N–H and O–H groups in total. The van der Waals surface area contributed by atoms with E-state index in [0.717, 1.165) is 24.2 Å². The van der Waals surface area contributed by atoms with Gasteiger partial charge in [0.1, 0.15) is 5.75 Å². The monoisotopic (exact) mass is 626 g/mol. The molecule has 0 radical (unpaired) electrons. The molecule has 4 rings (SSSR count). The fourth-order valence-electron chi connectivity index (χ4n) is 8.78. The molecule has 11 heteroatoms. The lowest BCUT2D eigenvalue weighted by Gasteiger charge is -2.52. The molecule has 248 valence electrons. The van der Waals surface area contributed by atoms with Crippen LogP contribution in [0.5, 0.6) is 5.75 Å². The highest BCUT2D eigenvalue weighted by molar-refractivity contribution is 6.32. The number of Topliss-reactive ketones (excluding diaryl/α,β-unsaturated/α-hetero) is 4. The Labute approximate surface area is 266 Å². The summed E-state index contributed by atoms with van der Waals surface area (Å²) in [7, 11) is 6.89. The van der Waals surface area contributed by atoms with Crippen molar-refractivity contribution in [3.63, 3.8) is 0 Å². The summed E-state index contributed by atoms with van der Waals surface area (Å²) >= 11 is 0. The minimum absolute atomic E-state index is 0.00560. The number of ketones is 4. The first kappa shape index (κ1) is 34.7. The topological polar surface area (TPSA) is 162 Å². The summed E-state index contributed by atoms with van der Waals surface area (Å²) in [5.74, 6) is -10.5. The molecule has 2 fully saturated rings. The third-order valence-corrected chi connectivity index (χ3v) is 10.1. The minimum Gasteiger partial charge on any atom is -0.507 e. The molecule has 1 amide bonds. The summed E-state index contributed by atoms with van der Waals surface area (Å²) in [6.07, 6.45) is 1.16. The zero-order chi connectivity index (χ0) is 34.1. The standard InChI is InChI=1S/C34H50N4O7/c1-11-38(33(5,6)16-32(2,3)4)15-18-14-21(39)23-19(25(18)36(7)8)12-17-13-20-26(37(9)10)28(41)24(31(35)44)30(43)34(20,45)29(42)22(17)27(23)40/h14,17,20,22,24,26,39,45H,11-13,15-16H2,1-10H3,(H2,35,44)/t17-,20-,22?,24?,26-,34-/m0/s1. The van der Waals surface area contributed by atoms with Crippen LogP contribution in [-0.2, 0) is 32.1 Å². The number of hydrogen-bond acceptors (Lipinski definition) is 10. The quantitative estimate of drug-likeness (QED) is 0.364. The second-order valence-electron chi connectivity index (χ2n) is 15.5. The number of rotatable bonds is 8. The van der Waals surface area contributed by atoms with Gasteiger partial charge in [-0.2, -0.15) is 0 Å². The van der Waals surface area contributed by atoms with Crippen molar-refractivity contribution in [3.8, 4) is 5.75 Å². The summed E-state index contributed by atoms with van der Waals surface area (Å²) < 4.78 is 0. The van der Waals surface area contributed by atoms with Crippen LogP contribution in [0.1, 0.15) is 75.9 Å². The molecule has 2 saturated carbocycles. The van der Waals surface area contributed by atoms with Crippen molar-refractivity contribution in [2.24, 2.45) is 34.8 Å². The average molecular weight is 627 g/mol. The summed E-state index contributed by atoms with van der Waals surface area (Å²) in [5.41, 5.74) is 4.81. The molecular weight excluding hydrogens is 576 g/mol. The van der Waals surface area contributed by atoms with Crippen molar-refractivity contribution in [3.05, 3.63) is 22.8 Å². The maximum absolute atomic E-state index is 14.2. The first-order valence-corrected chi connectivity index (χ1v) is 15.7. The van der Waals surface area contributed by atoms with Crippen LogP contribution < -0.4 is 10.6 Å². The van der Waals surface area contributed by atoms with E-state index in [1.54, 1.807) is 20.2 Å². The van der Waals surface area contributed by atoms with Crippen molar-refractivity contribution in [1.82, 2.24) is 9.80 Å². The Morgan fingerprint density at radius 1 is 1.04 bits per heavy atom. The molecular formula is C34H50N4O7. The van der Waals surface area contributed by atoms with Gasteiger partial charge in [-0.15, -0.1) is 0 Å². The van der Waals surface area contributed by atoms with Crippen molar-refractivity contribution in [2.75, 3.05) is 39.6 Å². The van der Waals surface area contributed by atoms with Crippen LogP contribution in [0, 0.1) is 29.1 Å². The molecule has 3 aliphatic rings. The largest absolute Gasteiger partial charge is 0.507 e. The summed E-state index contributed by atoms with van der Waals surface area (Å²) in [4.78, 5) is 73.2. The molecule has 0 aromatic heterocycles. The first-order chi connectivity index (χ1) is 20.6. The molecule has 2 unspecified atom stereocenters. The number of likely N-dealkylation sites (N-methyl/N-ethyl adjacent to an activating group) is 1. The van der Waals surface area contributed by atoms with Crippen LogP contribution in [0.25, 0.3) is 0 Å². The number of primary amides is 1. The lowest BCUT2D eigenvalue weighted by Crippen LogP contribution is -2.74. The van der Waals surface area contributed by atoms with Crippen molar-refractivity contribution in [2.45, 2.75) is 84.5 Å². The SMILES string of the molecule is CCN(Cc1cc(O)c2c(c1N(C)C)C[C@H]1C[C@H]3[C@H](N(C)C)C(=O)C(C(N)=O)C(=O)[C@@]3(O)C(=O)C1C2=O)C(C)(C)CC(C)(C)C. The number of hydrogen-bond donors (Lipinski definition) is 3. The van der Waals surface area contributed by atoms with E-state index in [0.29, 0.717) is 12.1 Å². The number of nitrogens with two attached hydrogens (primary N) is 1. The van der Waals surface area contributed by atoms with Gasteiger partial charge in [0.25, 0.3) is 0 Å². The molecule has 1 aromatic rings. The smallest absolute Gasteiger partial charge is 0.235 e. The Bertz CT molecular complexity index is 1440. The molecule has 0 spiro atoms. The number of fused-ring (bicyclic) bond motifs is 3. The Balaban J connectivity index is 1.84. The summed E-state index contributed by atoms with van der Waals surface area (Å²) in [6.45, 7) is 14.4. The number of aromatic hydroxyl groups is 1. The van der Waals surface area contributed by atoms with Gasteiger partial charge < -0.3 is 20.8 Å². The molecule has 45 heavy (non-hydrogen) atoms. The molecule has 0 saturated heterocycles. The van der Waals surface area contributed by atoms with E-state index >= 15 is 0 Å². The zero-order valence-electron chi connectivity index (χ0n) is 28.4. The molecule has 11 nitrogen and oxygen atoms in total. The average Bonchev–Trinajstić information content (AvgIpc) is 2.87. The second kappa shape index (κ2) is 11.6. The highest BCUT2D eigenvalue weighted by Crippen LogP contribution is 2.52. The maximum Gasteiger partial charge on any atom is 0.235 e. The van der Waals surface area contributed by atoms with Gasteiger partial charge >= 0.3 is 0 Å². The van der Waals surface area contributed by atoms with Crippen molar-refractivity contribution < 1.29 is 34.2 Å². The van der Waals surface area contributed by atoms with E-state index in [1.807, 2.05) is 19.0 Å². The fraction of sp³-hybridized carbons (Fsp3) is 0.676. The van der Waals surface area contributed by atoms with Crippen LogP contribution in [0.15, 0.2) is 6.07 Å². The Hall–Kier alpha value is -3.15. The van der Waals surface area contributed by atoms with Crippen LogP contribution in [0.2, 0.25) is 0 Å². The molecule has 0 heterocycles. The second-order valence-corrected chi connectivity index (χ2v) is 15.5. The number of phenols is 1. The molecule has 3 aliphatic carbocycles. The van der Waals surface area contributed by atoms with Crippen LogP contribution in [0.3, 0.4) is 0 Å².